The van der Waals surface area contributed by atoms with Gasteiger partial charge >= 0.3 is 0 Å². The molecule has 0 fully saturated rings. The molecule has 26 heavy (non-hydrogen) atoms. The number of rotatable bonds is 10. The molecule has 142 valence electrons. The Labute approximate surface area is 158 Å². The summed E-state index contributed by atoms with van der Waals surface area (Å²) in [5.41, 5.74) is 0.820. The number of nitrogens with one attached hydrogen (secondary N) is 1. The summed E-state index contributed by atoms with van der Waals surface area (Å²) >= 11 is 1.36. The summed E-state index contributed by atoms with van der Waals surface area (Å²) in [6.07, 6.45) is 6.61. The highest BCUT2D eigenvalue weighted by Crippen LogP contribution is 2.20. The van der Waals surface area contributed by atoms with Gasteiger partial charge in [-0.15, -0.1) is 10.2 Å². The minimum absolute atomic E-state index is 0.00875. The summed E-state index contributed by atoms with van der Waals surface area (Å²) in [6, 6.07) is 3.83. The largest absolute Gasteiger partial charge is 0.481 e. The maximum Gasteiger partial charge on any atom is 0.230 e. The van der Waals surface area contributed by atoms with E-state index in [4.69, 9.17) is 4.74 Å². The predicted octanol–water partition coefficient (Wildman–Crippen LogP) is 3.09. The van der Waals surface area contributed by atoms with E-state index in [1.165, 1.54) is 18.2 Å². The van der Waals surface area contributed by atoms with Crippen molar-refractivity contribution in [1.82, 2.24) is 25.1 Å². The Morgan fingerprint density at radius 3 is 2.77 bits per heavy atom. The Balaban J connectivity index is 1.84. The normalized spacial score (nSPS) is 12.2. The standard InChI is InChI=1S/C18H27N5O2S/c1-13(2)6-5-7-14(3)21-16(24)11-26-18-22-20-12-23(18)15-8-9-17(25-4)19-10-15/h8-10,12-14H,5-7,11H2,1-4H3,(H,21,24). The Bertz CT molecular complexity index is 687. The number of methoxy groups -OCH3 is 1. The quantitative estimate of drug-likeness (QED) is 0.641. The number of nitrogens with zero attached hydrogens (tertiary/aromatic N) is 4. The van der Waals surface area contributed by atoms with Gasteiger partial charge in [-0.2, -0.15) is 0 Å². The second-order valence-electron chi connectivity index (χ2n) is 6.62. The van der Waals surface area contributed by atoms with Crippen molar-refractivity contribution in [3.63, 3.8) is 0 Å². The highest BCUT2D eigenvalue weighted by atomic mass is 32.2. The van der Waals surface area contributed by atoms with Gasteiger partial charge in [-0.05, 0) is 25.3 Å². The van der Waals surface area contributed by atoms with Crippen molar-refractivity contribution in [3.8, 4) is 11.6 Å². The summed E-state index contributed by atoms with van der Waals surface area (Å²) in [4.78, 5) is 16.3. The van der Waals surface area contributed by atoms with Crippen molar-refractivity contribution in [2.45, 2.75) is 51.2 Å². The van der Waals surface area contributed by atoms with E-state index >= 15 is 0 Å². The van der Waals surface area contributed by atoms with Crippen molar-refractivity contribution in [2.24, 2.45) is 5.92 Å². The summed E-state index contributed by atoms with van der Waals surface area (Å²) in [5, 5.41) is 11.7. The topological polar surface area (TPSA) is 81.9 Å². The number of carbonyl (C=O) groups is 1. The number of thioether (sulfide) groups is 1. The van der Waals surface area contributed by atoms with Crippen LogP contribution in [-0.2, 0) is 4.79 Å². The Morgan fingerprint density at radius 1 is 1.31 bits per heavy atom. The molecule has 0 aliphatic rings. The van der Waals surface area contributed by atoms with Crippen LogP contribution >= 0.6 is 11.8 Å². The lowest BCUT2D eigenvalue weighted by Crippen LogP contribution is -2.33. The molecule has 0 bridgehead atoms. The smallest absolute Gasteiger partial charge is 0.230 e. The molecule has 2 heterocycles. The van der Waals surface area contributed by atoms with E-state index in [2.05, 4.69) is 41.3 Å². The van der Waals surface area contributed by atoms with Gasteiger partial charge in [0.25, 0.3) is 0 Å². The van der Waals surface area contributed by atoms with Crippen LogP contribution in [0.25, 0.3) is 5.69 Å². The van der Waals surface area contributed by atoms with E-state index in [1.807, 2.05) is 6.07 Å². The molecule has 0 aromatic carbocycles. The van der Waals surface area contributed by atoms with Crippen LogP contribution in [0.1, 0.15) is 40.0 Å². The first-order valence-corrected chi connectivity index (χ1v) is 9.80. The molecule has 0 saturated carbocycles. The minimum Gasteiger partial charge on any atom is -0.481 e. The van der Waals surface area contributed by atoms with E-state index < -0.39 is 0 Å². The van der Waals surface area contributed by atoms with Crippen LogP contribution in [0.5, 0.6) is 5.88 Å². The molecule has 2 aromatic rings. The maximum atomic E-state index is 12.2. The molecule has 0 saturated heterocycles. The molecule has 0 spiro atoms. The van der Waals surface area contributed by atoms with Crippen molar-refractivity contribution < 1.29 is 9.53 Å². The predicted molar refractivity (Wildman–Crippen MR) is 103 cm³/mol. The third-order valence-corrected chi connectivity index (χ3v) is 4.83. The molecule has 7 nitrogen and oxygen atoms in total. The highest BCUT2D eigenvalue weighted by Gasteiger charge is 2.12. The lowest BCUT2D eigenvalue weighted by atomic mass is 10.0. The van der Waals surface area contributed by atoms with E-state index in [-0.39, 0.29) is 11.9 Å². The third kappa shape index (κ3) is 6.33. The zero-order valence-electron chi connectivity index (χ0n) is 15.8. The highest BCUT2D eigenvalue weighted by molar-refractivity contribution is 7.99. The molecule has 0 radical (unpaired) electrons. The fourth-order valence-corrected chi connectivity index (χ4v) is 3.23. The Hall–Kier alpha value is -2.09. The molecule has 1 unspecified atom stereocenters. The van der Waals surface area contributed by atoms with Gasteiger partial charge < -0.3 is 10.1 Å². The molecule has 2 rings (SSSR count). The summed E-state index contributed by atoms with van der Waals surface area (Å²) in [6.45, 7) is 6.48. The van der Waals surface area contributed by atoms with Gasteiger partial charge in [0.15, 0.2) is 5.16 Å². The Kier molecular flexibility index (Phi) is 7.90. The van der Waals surface area contributed by atoms with E-state index in [0.29, 0.717) is 22.7 Å². The summed E-state index contributed by atoms with van der Waals surface area (Å²) < 4.78 is 6.87. The summed E-state index contributed by atoms with van der Waals surface area (Å²) in [7, 11) is 1.57. The first kappa shape index (κ1) is 20.2. The number of pyridine rings is 1. The molecule has 1 amide bonds. The van der Waals surface area contributed by atoms with Crippen LogP contribution < -0.4 is 10.1 Å². The second-order valence-corrected chi connectivity index (χ2v) is 7.57. The first-order chi connectivity index (χ1) is 12.5. The molecule has 1 atom stereocenters. The Morgan fingerprint density at radius 2 is 2.12 bits per heavy atom. The lowest BCUT2D eigenvalue weighted by Gasteiger charge is -2.14. The number of aromatic nitrogens is 4. The van der Waals surface area contributed by atoms with Gasteiger partial charge in [-0.25, -0.2) is 4.98 Å². The molecule has 0 aliphatic carbocycles. The number of amides is 1. The third-order valence-electron chi connectivity index (χ3n) is 3.88. The van der Waals surface area contributed by atoms with Crippen molar-refractivity contribution in [3.05, 3.63) is 24.7 Å². The van der Waals surface area contributed by atoms with Gasteiger partial charge in [0, 0.05) is 12.1 Å². The van der Waals surface area contributed by atoms with Crippen LogP contribution in [-0.4, -0.2) is 44.6 Å². The second kappa shape index (κ2) is 10.2. The van der Waals surface area contributed by atoms with Crippen molar-refractivity contribution in [2.75, 3.05) is 12.9 Å². The number of hydrogen-bond acceptors (Lipinski definition) is 6. The van der Waals surface area contributed by atoms with E-state index in [1.54, 1.807) is 30.3 Å². The SMILES string of the molecule is COc1ccc(-n2cnnc2SCC(=O)NC(C)CCCC(C)C)cn1. The van der Waals surface area contributed by atoms with Crippen molar-refractivity contribution >= 4 is 17.7 Å². The van der Waals surface area contributed by atoms with E-state index in [0.717, 1.165) is 18.5 Å². The zero-order valence-corrected chi connectivity index (χ0v) is 16.6. The van der Waals surface area contributed by atoms with E-state index in [9.17, 15) is 4.79 Å². The fraction of sp³-hybridized carbons (Fsp3) is 0.556. The van der Waals surface area contributed by atoms with Gasteiger partial charge in [0.1, 0.15) is 6.33 Å². The average Bonchev–Trinajstić information content (AvgIpc) is 3.08. The number of hydrogen-bond donors (Lipinski definition) is 1. The number of ether oxygens (including phenoxy) is 1. The first-order valence-electron chi connectivity index (χ1n) is 8.82. The lowest BCUT2D eigenvalue weighted by molar-refractivity contribution is -0.119. The van der Waals surface area contributed by atoms with Gasteiger partial charge in [-0.3, -0.25) is 9.36 Å². The molecule has 2 aromatic heterocycles. The van der Waals surface area contributed by atoms with Crippen LogP contribution in [0.2, 0.25) is 0 Å². The minimum atomic E-state index is 0.00875. The van der Waals surface area contributed by atoms with Gasteiger partial charge in [-0.1, -0.05) is 38.5 Å². The number of carbonyl (C=O) groups excluding carboxylic acids is 1. The van der Waals surface area contributed by atoms with Gasteiger partial charge in [0.2, 0.25) is 11.8 Å². The van der Waals surface area contributed by atoms with Crippen molar-refractivity contribution in [1.29, 1.82) is 0 Å². The fourth-order valence-electron chi connectivity index (χ4n) is 2.49. The molecule has 1 N–H and O–H groups in total. The maximum absolute atomic E-state index is 12.2. The average molecular weight is 378 g/mol. The molecular formula is C18H27N5O2S. The molecular weight excluding hydrogens is 350 g/mol. The molecule has 0 aliphatic heterocycles. The monoisotopic (exact) mass is 377 g/mol. The molecule has 8 heteroatoms. The zero-order chi connectivity index (χ0) is 18.9. The summed E-state index contributed by atoms with van der Waals surface area (Å²) in [5.74, 6) is 1.56. The van der Waals surface area contributed by atoms with Crippen LogP contribution in [0.3, 0.4) is 0 Å². The van der Waals surface area contributed by atoms with Crippen LogP contribution in [0.15, 0.2) is 29.8 Å². The van der Waals surface area contributed by atoms with Gasteiger partial charge in [0.05, 0.1) is 24.7 Å². The van der Waals surface area contributed by atoms with Crippen LogP contribution in [0.4, 0.5) is 0 Å². The van der Waals surface area contributed by atoms with Crippen LogP contribution in [0, 0.1) is 5.92 Å².